The van der Waals surface area contributed by atoms with E-state index in [2.05, 4.69) is 41.3 Å². The van der Waals surface area contributed by atoms with Crippen LogP contribution >= 0.6 is 0 Å². The van der Waals surface area contributed by atoms with Crippen molar-refractivity contribution in [3.8, 4) is 0 Å². The second kappa shape index (κ2) is 7.54. The Kier molecular flexibility index (Phi) is 5.21. The van der Waals surface area contributed by atoms with Crippen LogP contribution in [0.4, 0.5) is 0 Å². The van der Waals surface area contributed by atoms with Gasteiger partial charge in [-0.25, -0.2) is 0 Å². The quantitative estimate of drug-likeness (QED) is 0.815. The van der Waals surface area contributed by atoms with Crippen LogP contribution in [-0.4, -0.2) is 54.2 Å². The maximum atomic E-state index is 5.70. The molecule has 1 unspecified atom stereocenters. The lowest BCUT2D eigenvalue weighted by molar-refractivity contribution is -0.0962. The van der Waals surface area contributed by atoms with E-state index in [4.69, 9.17) is 9.47 Å². The molecule has 2 heterocycles. The molecule has 1 fully saturated rings. The predicted octanol–water partition coefficient (Wildman–Crippen LogP) is 1.78. The molecule has 1 aromatic carbocycles. The third-order valence-electron chi connectivity index (χ3n) is 3.75. The molecule has 3 rings (SSSR count). The Labute approximate surface area is 131 Å². The molecule has 0 amide bonds. The second-order valence-corrected chi connectivity index (χ2v) is 5.79. The molecule has 118 valence electrons. The van der Waals surface area contributed by atoms with Gasteiger partial charge in [0.2, 0.25) is 0 Å². The molecule has 1 aliphatic rings. The summed E-state index contributed by atoms with van der Waals surface area (Å²) in [5.74, 6) is 0. The maximum absolute atomic E-state index is 5.70. The lowest BCUT2D eigenvalue weighted by Crippen LogP contribution is -2.38. The molecular weight excluding hydrogens is 278 g/mol. The van der Waals surface area contributed by atoms with Gasteiger partial charge in [0.1, 0.15) is 0 Å². The van der Waals surface area contributed by atoms with Gasteiger partial charge in [-0.2, -0.15) is 5.10 Å². The lowest BCUT2D eigenvalue weighted by Gasteiger charge is -2.27. The van der Waals surface area contributed by atoms with Crippen LogP contribution in [-0.2, 0) is 22.6 Å². The van der Waals surface area contributed by atoms with Crippen LogP contribution in [0.1, 0.15) is 11.1 Å². The number of hydrogen-bond acceptors (Lipinski definition) is 4. The largest absolute Gasteiger partial charge is 0.376 e. The van der Waals surface area contributed by atoms with Gasteiger partial charge < -0.3 is 9.47 Å². The van der Waals surface area contributed by atoms with E-state index in [1.807, 2.05) is 23.1 Å². The molecule has 0 saturated carbocycles. The van der Waals surface area contributed by atoms with Gasteiger partial charge in [-0.15, -0.1) is 0 Å². The highest BCUT2D eigenvalue weighted by molar-refractivity contribution is 5.23. The fourth-order valence-electron chi connectivity index (χ4n) is 2.77. The zero-order valence-corrected chi connectivity index (χ0v) is 13.0. The van der Waals surface area contributed by atoms with Crippen molar-refractivity contribution in [1.29, 1.82) is 0 Å². The van der Waals surface area contributed by atoms with E-state index >= 15 is 0 Å². The summed E-state index contributed by atoms with van der Waals surface area (Å²) in [6.07, 6.45) is 3.98. The molecule has 2 aromatic rings. The molecule has 0 N–H and O–H groups in total. The fourth-order valence-corrected chi connectivity index (χ4v) is 2.77. The fraction of sp³-hybridized carbons (Fsp3) is 0.471. The van der Waals surface area contributed by atoms with Crippen molar-refractivity contribution in [2.45, 2.75) is 19.2 Å². The molecule has 1 aliphatic heterocycles. The van der Waals surface area contributed by atoms with E-state index < -0.39 is 0 Å². The van der Waals surface area contributed by atoms with Crippen molar-refractivity contribution in [2.24, 2.45) is 0 Å². The first-order chi connectivity index (χ1) is 10.8. The summed E-state index contributed by atoms with van der Waals surface area (Å²) in [7, 11) is 2.12. The summed E-state index contributed by atoms with van der Waals surface area (Å²) in [6.45, 7) is 4.73. The van der Waals surface area contributed by atoms with E-state index in [0.29, 0.717) is 13.2 Å². The van der Waals surface area contributed by atoms with Gasteiger partial charge in [0.25, 0.3) is 0 Å². The molecule has 0 aliphatic carbocycles. The SMILES string of the molecule is CN(Cc1cccc(Cn2cccn2)c1)CC1COCCO1. The van der Waals surface area contributed by atoms with Crippen LogP contribution in [0.15, 0.2) is 42.7 Å². The number of rotatable bonds is 6. The first-order valence-corrected chi connectivity index (χ1v) is 7.73. The molecule has 1 atom stereocenters. The molecule has 0 radical (unpaired) electrons. The Balaban J connectivity index is 1.55. The van der Waals surface area contributed by atoms with E-state index in [1.165, 1.54) is 11.1 Å². The van der Waals surface area contributed by atoms with Crippen LogP contribution in [0.5, 0.6) is 0 Å². The Hall–Kier alpha value is -1.69. The van der Waals surface area contributed by atoms with Crippen LogP contribution in [0.3, 0.4) is 0 Å². The number of hydrogen-bond donors (Lipinski definition) is 0. The van der Waals surface area contributed by atoms with Crippen molar-refractivity contribution in [1.82, 2.24) is 14.7 Å². The molecule has 5 nitrogen and oxygen atoms in total. The van der Waals surface area contributed by atoms with Gasteiger partial charge in [0, 0.05) is 25.5 Å². The summed E-state index contributed by atoms with van der Waals surface area (Å²) in [5.41, 5.74) is 2.58. The number of benzene rings is 1. The standard InChI is InChI=1S/C17H23N3O2/c1-19(13-17-14-21-8-9-22-17)11-15-4-2-5-16(10-15)12-20-7-3-6-18-20/h2-7,10,17H,8-9,11-14H2,1H3. The van der Waals surface area contributed by atoms with E-state index in [9.17, 15) is 0 Å². The lowest BCUT2D eigenvalue weighted by atomic mass is 10.1. The molecule has 5 heteroatoms. The summed E-state index contributed by atoms with van der Waals surface area (Å²) in [6, 6.07) is 10.6. The highest BCUT2D eigenvalue weighted by Gasteiger charge is 2.16. The Morgan fingerprint density at radius 1 is 1.27 bits per heavy atom. The first-order valence-electron chi connectivity index (χ1n) is 7.73. The first kappa shape index (κ1) is 15.2. The minimum atomic E-state index is 0.186. The zero-order valence-electron chi connectivity index (χ0n) is 13.0. The minimum absolute atomic E-state index is 0.186. The highest BCUT2D eigenvalue weighted by atomic mass is 16.6. The summed E-state index contributed by atoms with van der Waals surface area (Å²) >= 11 is 0. The molecule has 0 bridgehead atoms. The number of likely N-dealkylation sites (N-methyl/N-ethyl adjacent to an activating group) is 1. The number of nitrogens with zero attached hydrogens (tertiary/aromatic N) is 3. The Morgan fingerprint density at radius 2 is 2.18 bits per heavy atom. The van der Waals surface area contributed by atoms with Crippen molar-refractivity contribution < 1.29 is 9.47 Å². The monoisotopic (exact) mass is 301 g/mol. The van der Waals surface area contributed by atoms with Gasteiger partial charge in [-0.3, -0.25) is 9.58 Å². The molecular formula is C17H23N3O2. The van der Waals surface area contributed by atoms with Gasteiger partial charge in [-0.1, -0.05) is 24.3 Å². The van der Waals surface area contributed by atoms with Crippen molar-refractivity contribution >= 4 is 0 Å². The minimum Gasteiger partial charge on any atom is -0.376 e. The normalized spacial score (nSPS) is 18.7. The molecule has 22 heavy (non-hydrogen) atoms. The third kappa shape index (κ3) is 4.40. The molecule has 1 aromatic heterocycles. The highest BCUT2D eigenvalue weighted by Crippen LogP contribution is 2.10. The summed E-state index contributed by atoms with van der Waals surface area (Å²) in [4.78, 5) is 2.28. The van der Waals surface area contributed by atoms with Gasteiger partial charge in [0.15, 0.2) is 0 Å². The van der Waals surface area contributed by atoms with Gasteiger partial charge in [-0.05, 0) is 24.2 Å². The smallest absolute Gasteiger partial charge is 0.0936 e. The third-order valence-corrected chi connectivity index (χ3v) is 3.75. The Morgan fingerprint density at radius 3 is 2.95 bits per heavy atom. The van der Waals surface area contributed by atoms with E-state index in [0.717, 1.165) is 26.2 Å². The van der Waals surface area contributed by atoms with Crippen LogP contribution in [0.25, 0.3) is 0 Å². The Bertz CT molecular complexity index is 565. The number of ether oxygens (including phenoxy) is 2. The van der Waals surface area contributed by atoms with Crippen LogP contribution < -0.4 is 0 Å². The van der Waals surface area contributed by atoms with Gasteiger partial charge >= 0.3 is 0 Å². The van der Waals surface area contributed by atoms with Crippen molar-refractivity contribution in [3.05, 3.63) is 53.9 Å². The van der Waals surface area contributed by atoms with Gasteiger partial charge in [0.05, 0.1) is 32.5 Å². The van der Waals surface area contributed by atoms with E-state index in [-0.39, 0.29) is 6.10 Å². The summed E-state index contributed by atoms with van der Waals surface area (Å²) < 4.78 is 13.1. The van der Waals surface area contributed by atoms with Crippen molar-refractivity contribution in [3.63, 3.8) is 0 Å². The van der Waals surface area contributed by atoms with Crippen molar-refractivity contribution in [2.75, 3.05) is 33.4 Å². The maximum Gasteiger partial charge on any atom is 0.0936 e. The molecule has 1 saturated heterocycles. The topological polar surface area (TPSA) is 39.5 Å². The number of aromatic nitrogens is 2. The zero-order chi connectivity index (χ0) is 15.2. The van der Waals surface area contributed by atoms with Crippen LogP contribution in [0.2, 0.25) is 0 Å². The average Bonchev–Trinajstić information content (AvgIpc) is 3.01. The van der Waals surface area contributed by atoms with Crippen LogP contribution in [0, 0.1) is 0 Å². The summed E-state index contributed by atoms with van der Waals surface area (Å²) in [5, 5.41) is 4.26. The molecule has 0 spiro atoms. The second-order valence-electron chi connectivity index (χ2n) is 5.79. The average molecular weight is 301 g/mol. The predicted molar refractivity (Wildman–Crippen MR) is 84.7 cm³/mol. The van der Waals surface area contributed by atoms with E-state index in [1.54, 1.807) is 0 Å².